The first-order valence-electron chi connectivity index (χ1n) is 7.06. The fourth-order valence-electron chi connectivity index (χ4n) is 2.41. The molecule has 0 saturated carbocycles. The zero-order valence-electron chi connectivity index (χ0n) is 12.3. The number of carbonyl (C=O) groups is 2. The molecule has 0 aromatic heterocycles. The molecule has 2 N–H and O–H groups in total. The highest BCUT2D eigenvalue weighted by atomic mass is 16.5. The van der Waals surface area contributed by atoms with Gasteiger partial charge in [0.15, 0.2) is 5.57 Å². The molecule has 0 unspecified atom stereocenters. The van der Waals surface area contributed by atoms with Gasteiger partial charge in [0.05, 0.1) is 18.0 Å². The first kappa shape index (κ1) is 14.6. The monoisotopic (exact) mass is 307 g/mol. The smallest absolute Gasteiger partial charge is 0.351 e. The second kappa shape index (κ2) is 5.81. The minimum Gasteiger partial charge on any atom is -0.462 e. The standard InChI is InChI=1S/C17H13N3O3/c1-2-23-17(22)12(9-18)15-16(21)20-14-8-11-6-4-3-5-10(11)7-13(14)19-15/h3-8,19H,2H2,1H3,(H,20,21)/b15-12-. The van der Waals surface area contributed by atoms with Crippen LogP contribution in [0.2, 0.25) is 0 Å². The molecule has 1 aliphatic rings. The highest BCUT2D eigenvalue weighted by Crippen LogP contribution is 2.33. The van der Waals surface area contributed by atoms with Crippen LogP contribution in [0.3, 0.4) is 0 Å². The first-order chi connectivity index (χ1) is 11.1. The summed E-state index contributed by atoms with van der Waals surface area (Å²) in [5.74, 6) is -1.37. The molecule has 2 aromatic rings. The zero-order valence-corrected chi connectivity index (χ0v) is 12.3. The molecule has 1 amide bonds. The molecule has 114 valence electrons. The van der Waals surface area contributed by atoms with Crippen LogP contribution in [0.15, 0.2) is 47.7 Å². The minimum absolute atomic E-state index is 0.103. The maximum Gasteiger partial charge on any atom is 0.351 e. The average Bonchev–Trinajstić information content (AvgIpc) is 2.54. The molecular formula is C17H13N3O3. The van der Waals surface area contributed by atoms with Crippen LogP contribution in [-0.4, -0.2) is 18.5 Å². The van der Waals surface area contributed by atoms with Gasteiger partial charge in [0.2, 0.25) is 0 Å². The Bertz CT molecular complexity index is 894. The molecule has 6 heteroatoms. The summed E-state index contributed by atoms with van der Waals surface area (Å²) >= 11 is 0. The Morgan fingerprint density at radius 1 is 1.17 bits per heavy atom. The lowest BCUT2D eigenvalue weighted by molar-refractivity contribution is -0.138. The molecule has 0 spiro atoms. The summed E-state index contributed by atoms with van der Waals surface area (Å²) in [7, 11) is 0. The molecule has 0 saturated heterocycles. The van der Waals surface area contributed by atoms with Crippen molar-refractivity contribution in [1.29, 1.82) is 5.26 Å². The van der Waals surface area contributed by atoms with Gasteiger partial charge in [-0.25, -0.2) is 4.79 Å². The van der Waals surface area contributed by atoms with Crippen molar-refractivity contribution in [2.24, 2.45) is 0 Å². The lowest BCUT2D eigenvalue weighted by Gasteiger charge is -2.22. The predicted molar refractivity (Wildman–Crippen MR) is 85.5 cm³/mol. The zero-order chi connectivity index (χ0) is 16.4. The van der Waals surface area contributed by atoms with E-state index in [9.17, 15) is 14.9 Å². The number of nitriles is 1. The van der Waals surface area contributed by atoms with Crippen molar-refractivity contribution in [2.75, 3.05) is 17.2 Å². The third-order valence-electron chi connectivity index (χ3n) is 3.46. The Kier molecular flexibility index (Phi) is 3.69. The van der Waals surface area contributed by atoms with Crippen LogP contribution in [0.25, 0.3) is 10.8 Å². The number of hydrogen-bond acceptors (Lipinski definition) is 5. The van der Waals surface area contributed by atoms with E-state index in [0.29, 0.717) is 11.4 Å². The van der Waals surface area contributed by atoms with Gasteiger partial charge in [-0.2, -0.15) is 5.26 Å². The van der Waals surface area contributed by atoms with E-state index < -0.39 is 11.9 Å². The quantitative estimate of drug-likeness (QED) is 0.505. The van der Waals surface area contributed by atoms with E-state index in [1.54, 1.807) is 13.0 Å². The molecule has 3 rings (SSSR count). The fraction of sp³-hybridized carbons (Fsp3) is 0.118. The Balaban J connectivity index is 2.09. The highest BCUT2D eigenvalue weighted by Gasteiger charge is 2.27. The van der Waals surface area contributed by atoms with E-state index in [1.165, 1.54) is 0 Å². The molecule has 6 nitrogen and oxygen atoms in total. The van der Waals surface area contributed by atoms with E-state index in [1.807, 2.05) is 36.4 Å². The van der Waals surface area contributed by atoms with Gasteiger partial charge >= 0.3 is 5.97 Å². The average molecular weight is 307 g/mol. The Morgan fingerprint density at radius 2 is 1.78 bits per heavy atom. The summed E-state index contributed by atoms with van der Waals surface area (Å²) in [4.78, 5) is 24.0. The van der Waals surface area contributed by atoms with Gasteiger partial charge < -0.3 is 15.4 Å². The van der Waals surface area contributed by atoms with E-state index >= 15 is 0 Å². The molecule has 0 radical (unpaired) electrons. The van der Waals surface area contributed by atoms with Gasteiger partial charge in [-0.15, -0.1) is 0 Å². The van der Waals surface area contributed by atoms with Crippen LogP contribution in [0, 0.1) is 11.3 Å². The Labute approximate surface area is 132 Å². The highest BCUT2D eigenvalue weighted by molar-refractivity contribution is 6.17. The number of ether oxygens (including phenoxy) is 1. The summed E-state index contributed by atoms with van der Waals surface area (Å²) in [6, 6.07) is 13.1. The molecule has 0 fully saturated rings. The normalized spacial score (nSPS) is 15.0. The fourth-order valence-corrected chi connectivity index (χ4v) is 2.41. The van der Waals surface area contributed by atoms with Crippen LogP contribution in [0.5, 0.6) is 0 Å². The SMILES string of the molecule is CCOC(=O)/C(C#N)=C1\Nc2cc3ccccc3cc2NC1=O. The van der Waals surface area contributed by atoms with Gasteiger partial charge in [0.1, 0.15) is 11.8 Å². The topological polar surface area (TPSA) is 91.2 Å². The first-order valence-corrected chi connectivity index (χ1v) is 7.06. The number of amides is 1. The molecule has 1 heterocycles. The summed E-state index contributed by atoms with van der Waals surface area (Å²) in [6.07, 6.45) is 0. The Hall–Kier alpha value is -3.33. The van der Waals surface area contributed by atoms with E-state index in [2.05, 4.69) is 10.6 Å². The molecular weight excluding hydrogens is 294 g/mol. The van der Waals surface area contributed by atoms with Crippen molar-refractivity contribution in [1.82, 2.24) is 0 Å². The van der Waals surface area contributed by atoms with Crippen LogP contribution < -0.4 is 10.6 Å². The predicted octanol–water partition coefficient (Wildman–Crippen LogP) is 2.54. The molecule has 0 bridgehead atoms. The summed E-state index contributed by atoms with van der Waals surface area (Å²) < 4.78 is 4.82. The summed E-state index contributed by atoms with van der Waals surface area (Å²) in [5.41, 5.74) is 0.769. The molecule has 0 aliphatic carbocycles. The van der Waals surface area contributed by atoms with Crippen molar-refractivity contribution >= 4 is 34.0 Å². The van der Waals surface area contributed by atoms with E-state index in [0.717, 1.165) is 10.8 Å². The second-order valence-corrected chi connectivity index (χ2v) is 4.91. The van der Waals surface area contributed by atoms with Crippen molar-refractivity contribution in [3.8, 4) is 6.07 Å². The lowest BCUT2D eigenvalue weighted by atomic mass is 10.1. The number of fused-ring (bicyclic) bond motifs is 2. The summed E-state index contributed by atoms with van der Waals surface area (Å²) in [6.45, 7) is 1.76. The van der Waals surface area contributed by atoms with Crippen molar-refractivity contribution < 1.29 is 14.3 Å². The maximum atomic E-state index is 12.2. The van der Waals surface area contributed by atoms with Crippen molar-refractivity contribution in [3.05, 3.63) is 47.7 Å². The third kappa shape index (κ3) is 2.60. The molecule has 1 aliphatic heterocycles. The van der Waals surface area contributed by atoms with E-state index in [4.69, 9.17) is 4.74 Å². The van der Waals surface area contributed by atoms with Gasteiger partial charge in [0, 0.05) is 0 Å². The van der Waals surface area contributed by atoms with Crippen LogP contribution in [0.1, 0.15) is 6.92 Å². The number of esters is 1. The summed E-state index contributed by atoms with van der Waals surface area (Å²) in [5, 5.41) is 16.7. The number of hydrogen-bond donors (Lipinski definition) is 2. The Morgan fingerprint density at radius 3 is 2.35 bits per heavy atom. The van der Waals surface area contributed by atoms with Crippen molar-refractivity contribution in [2.45, 2.75) is 6.92 Å². The largest absolute Gasteiger partial charge is 0.462 e. The number of nitrogens with one attached hydrogen (secondary N) is 2. The minimum atomic E-state index is -0.822. The van der Waals surface area contributed by atoms with Gasteiger partial charge in [-0.3, -0.25) is 4.79 Å². The molecule has 23 heavy (non-hydrogen) atoms. The van der Waals surface area contributed by atoms with E-state index in [-0.39, 0.29) is 17.9 Å². The number of carbonyl (C=O) groups excluding carboxylic acids is 2. The second-order valence-electron chi connectivity index (χ2n) is 4.91. The number of benzene rings is 2. The van der Waals surface area contributed by atoms with Crippen LogP contribution in [-0.2, 0) is 14.3 Å². The lowest BCUT2D eigenvalue weighted by Crippen LogP contribution is -2.28. The maximum absolute atomic E-state index is 12.2. The van der Waals surface area contributed by atoms with Gasteiger partial charge in [-0.1, -0.05) is 24.3 Å². The third-order valence-corrected chi connectivity index (χ3v) is 3.46. The van der Waals surface area contributed by atoms with Crippen molar-refractivity contribution in [3.63, 3.8) is 0 Å². The van der Waals surface area contributed by atoms with Crippen LogP contribution >= 0.6 is 0 Å². The van der Waals surface area contributed by atoms with Gasteiger partial charge in [-0.05, 0) is 29.8 Å². The molecule has 2 aromatic carbocycles. The molecule has 0 atom stereocenters. The van der Waals surface area contributed by atoms with Crippen LogP contribution in [0.4, 0.5) is 11.4 Å². The number of rotatable bonds is 2. The number of anilines is 2. The van der Waals surface area contributed by atoms with Gasteiger partial charge in [0.25, 0.3) is 5.91 Å². The number of nitrogens with zero attached hydrogens (tertiary/aromatic N) is 1.